The van der Waals surface area contributed by atoms with Crippen LogP contribution in [0.3, 0.4) is 0 Å². The van der Waals surface area contributed by atoms with Gasteiger partial charge in [0.1, 0.15) is 0 Å². The van der Waals surface area contributed by atoms with Crippen molar-refractivity contribution in [3.63, 3.8) is 0 Å². The minimum absolute atomic E-state index is 0.449. The van der Waals surface area contributed by atoms with Gasteiger partial charge in [-0.15, -0.1) is 11.8 Å². The van der Waals surface area contributed by atoms with Gasteiger partial charge in [-0.25, -0.2) is 4.79 Å². The molecule has 10 heavy (non-hydrogen) atoms. The van der Waals surface area contributed by atoms with Crippen LogP contribution in [-0.4, -0.2) is 28.2 Å². The second-order valence-corrected chi connectivity index (χ2v) is 3.59. The molecule has 0 bridgehead atoms. The highest BCUT2D eigenvalue weighted by Gasteiger charge is 2.27. The summed E-state index contributed by atoms with van der Waals surface area (Å²) in [6.07, 6.45) is 0. The number of aliphatic carboxylic acids is 1. The molecule has 1 unspecified atom stereocenters. The number of carbonyl (C=O) groups is 1. The van der Waals surface area contributed by atoms with Crippen molar-refractivity contribution in [3.05, 3.63) is 0 Å². The molecule has 4 nitrogen and oxygen atoms in total. The zero-order valence-electron chi connectivity index (χ0n) is 5.83. The van der Waals surface area contributed by atoms with Crippen molar-refractivity contribution < 1.29 is 9.90 Å². The summed E-state index contributed by atoms with van der Waals surface area (Å²) < 4.78 is 0. The van der Waals surface area contributed by atoms with E-state index in [1.165, 1.54) is 6.92 Å². The van der Waals surface area contributed by atoms with Gasteiger partial charge in [0.15, 0.2) is 4.87 Å². The maximum atomic E-state index is 10.3. The molecule has 5 heteroatoms. The first-order valence-electron chi connectivity index (χ1n) is 2.87. The number of carboxylic acid groups (broad SMARTS) is 1. The molecule has 0 fully saturated rings. The van der Waals surface area contributed by atoms with E-state index in [1.807, 2.05) is 0 Å². The van der Waals surface area contributed by atoms with E-state index in [4.69, 9.17) is 16.6 Å². The Kier molecular flexibility index (Phi) is 3.70. The Bertz CT molecular complexity index is 127. The van der Waals surface area contributed by atoms with Gasteiger partial charge in [-0.05, 0) is 6.92 Å². The van der Waals surface area contributed by atoms with Crippen molar-refractivity contribution in [2.24, 2.45) is 11.5 Å². The van der Waals surface area contributed by atoms with E-state index in [0.29, 0.717) is 12.3 Å². The minimum atomic E-state index is -1.20. The van der Waals surface area contributed by atoms with E-state index in [1.54, 1.807) is 0 Å². The normalized spacial score (nSPS) is 16.3. The molecule has 0 aromatic heterocycles. The Morgan fingerprint density at radius 2 is 2.30 bits per heavy atom. The first-order valence-corrected chi connectivity index (χ1v) is 3.85. The predicted octanol–water partition coefficient (Wildman–Crippen LogP) is -0.562. The minimum Gasteiger partial charge on any atom is -0.479 e. The Morgan fingerprint density at radius 1 is 1.80 bits per heavy atom. The van der Waals surface area contributed by atoms with Crippen molar-refractivity contribution in [1.82, 2.24) is 0 Å². The molecule has 0 saturated carbocycles. The average molecular weight is 164 g/mol. The Morgan fingerprint density at radius 3 is 2.60 bits per heavy atom. The molecule has 0 rings (SSSR count). The topological polar surface area (TPSA) is 89.3 Å². The average Bonchev–Trinajstić information content (AvgIpc) is 1.84. The van der Waals surface area contributed by atoms with Gasteiger partial charge in [-0.2, -0.15) is 0 Å². The van der Waals surface area contributed by atoms with Gasteiger partial charge in [0.2, 0.25) is 0 Å². The van der Waals surface area contributed by atoms with Crippen LogP contribution in [0.15, 0.2) is 0 Å². The van der Waals surface area contributed by atoms with Crippen LogP contribution < -0.4 is 11.5 Å². The van der Waals surface area contributed by atoms with Gasteiger partial charge in [0, 0.05) is 12.3 Å². The molecular formula is C5H12N2O2S. The first kappa shape index (κ1) is 9.74. The third-order valence-electron chi connectivity index (χ3n) is 0.944. The lowest BCUT2D eigenvalue weighted by molar-refractivity contribution is -0.139. The van der Waals surface area contributed by atoms with Gasteiger partial charge in [-0.1, -0.05) is 0 Å². The van der Waals surface area contributed by atoms with Crippen molar-refractivity contribution in [2.45, 2.75) is 11.8 Å². The first-order chi connectivity index (χ1) is 4.50. The number of nitrogens with two attached hydrogens (primary N) is 2. The second-order valence-electron chi connectivity index (χ2n) is 2.05. The van der Waals surface area contributed by atoms with Crippen molar-refractivity contribution >= 4 is 17.7 Å². The zero-order chi connectivity index (χ0) is 8.20. The number of hydrogen-bond donors (Lipinski definition) is 3. The van der Waals surface area contributed by atoms with Crippen LogP contribution in [0.2, 0.25) is 0 Å². The number of rotatable bonds is 4. The molecule has 0 aliphatic rings. The van der Waals surface area contributed by atoms with Gasteiger partial charge in [0.25, 0.3) is 0 Å². The molecule has 5 N–H and O–H groups in total. The number of thioether (sulfide) groups is 1. The van der Waals surface area contributed by atoms with Gasteiger partial charge in [-0.3, -0.25) is 0 Å². The molecule has 1 atom stereocenters. The summed E-state index contributed by atoms with van der Waals surface area (Å²) in [5, 5.41) is 8.48. The molecule has 0 aliphatic carbocycles. The van der Waals surface area contributed by atoms with Crippen molar-refractivity contribution in [1.29, 1.82) is 0 Å². The highest BCUT2D eigenvalue weighted by atomic mass is 32.2. The number of hydrogen-bond acceptors (Lipinski definition) is 4. The fraction of sp³-hybridized carbons (Fsp3) is 0.800. The van der Waals surface area contributed by atoms with Gasteiger partial charge in [0.05, 0.1) is 0 Å². The third kappa shape index (κ3) is 3.05. The van der Waals surface area contributed by atoms with Crippen LogP contribution in [0, 0.1) is 0 Å². The summed E-state index contributed by atoms with van der Waals surface area (Å²) in [6.45, 7) is 1.90. The fourth-order valence-corrected chi connectivity index (χ4v) is 0.998. The van der Waals surface area contributed by atoms with Crippen LogP contribution in [0.5, 0.6) is 0 Å². The van der Waals surface area contributed by atoms with Crippen LogP contribution in [0.4, 0.5) is 0 Å². The quantitative estimate of drug-likeness (QED) is 0.484. The van der Waals surface area contributed by atoms with E-state index in [-0.39, 0.29) is 0 Å². The second kappa shape index (κ2) is 3.80. The van der Waals surface area contributed by atoms with Crippen LogP contribution in [-0.2, 0) is 4.79 Å². The maximum Gasteiger partial charge on any atom is 0.333 e. The van der Waals surface area contributed by atoms with Gasteiger partial charge >= 0.3 is 5.97 Å². The summed E-state index contributed by atoms with van der Waals surface area (Å²) >= 11 is 1.14. The Balaban J connectivity index is 3.75. The van der Waals surface area contributed by atoms with Crippen molar-refractivity contribution in [3.8, 4) is 0 Å². The molecule has 0 aromatic rings. The lowest BCUT2D eigenvalue weighted by Crippen LogP contribution is -2.42. The summed E-state index contributed by atoms with van der Waals surface area (Å²) in [6, 6.07) is 0. The summed E-state index contributed by atoms with van der Waals surface area (Å²) in [5.41, 5.74) is 10.5. The van der Waals surface area contributed by atoms with Crippen LogP contribution in [0.1, 0.15) is 6.92 Å². The lowest BCUT2D eigenvalue weighted by Gasteiger charge is -2.17. The molecular weight excluding hydrogens is 152 g/mol. The molecule has 60 valence electrons. The van der Waals surface area contributed by atoms with Crippen molar-refractivity contribution in [2.75, 3.05) is 12.3 Å². The molecule has 0 heterocycles. The number of carboxylic acids is 1. The fourth-order valence-electron chi connectivity index (χ4n) is 0.333. The van der Waals surface area contributed by atoms with Gasteiger partial charge < -0.3 is 16.6 Å². The van der Waals surface area contributed by atoms with Crippen LogP contribution in [0.25, 0.3) is 0 Å². The molecule has 0 saturated heterocycles. The monoisotopic (exact) mass is 164 g/mol. The van der Waals surface area contributed by atoms with E-state index in [0.717, 1.165) is 11.8 Å². The SMILES string of the molecule is CC(N)(SCCN)C(=O)O. The molecule has 0 spiro atoms. The Labute approximate surface area is 64.0 Å². The predicted molar refractivity (Wildman–Crippen MR) is 41.7 cm³/mol. The third-order valence-corrected chi connectivity index (χ3v) is 2.16. The maximum absolute atomic E-state index is 10.3. The largest absolute Gasteiger partial charge is 0.479 e. The molecule has 0 aliphatic heterocycles. The highest BCUT2D eigenvalue weighted by molar-refractivity contribution is 8.01. The van der Waals surface area contributed by atoms with E-state index >= 15 is 0 Å². The van der Waals surface area contributed by atoms with E-state index in [2.05, 4.69) is 0 Å². The van der Waals surface area contributed by atoms with E-state index < -0.39 is 10.8 Å². The lowest BCUT2D eigenvalue weighted by atomic mass is 10.4. The smallest absolute Gasteiger partial charge is 0.333 e. The van der Waals surface area contributed by atoms with Crippen LogP contribution >= 0.6 is 11.8 Å². The molecule has 0 radical (unpaired) electrons. The highest BCUT2D eigenvalue weighted by Crippen LogP contribution is 2.17. The zero-order valence-corrected chi connectivity index (χ0v) is 6.65. The summed E-state index contributed by atoms with van der Waals surface area (Å²) in [4.78, 5) is 9.15. The standard InChI is InChI=1S/C5H12N2O2S/c1-5(7,4(8)9)10-3-2-6/h2-3,6-7H2,1H3,(H,8,9). The summed E-state index contributed by atoms with van der Waals surface area (Å²) in [5.74, 6) is -0.440. The molecule has 0 amide bonds. The summed E-state index contributed by atoms with van der Waals surface area (Å²) in [7, 11) is 0. The van der Waals surface area contributed by atoms with E-state index in [9.17, 15) is 4.79 Å². The Hall–Kier alpha value is -0.260. The molecule has 0 aromatic carbocycles.